The second-order valence-corrected chi connectivity index (χ2v) is 4.79. The molecule has 1 aliphatic heterocycles. The van der Waals surface area contributed by atoms with Crippen molar-refractivity contribution in [1.29, 1.82) is 5.26 Å². The molecule has 1 saturated heterocycles. The lowest BCUT2D eigenvalue weighted by atomic mass is 9.92. The lowest BCUT2D eigenvalue weighted by molar-refractivity contribution is 0.00189. The van der Waals surface area contributed by atoms with Gasteiger partial charge < -0.3 is 4.74 Å². The van der Waals surface area contributed by atoms with Crippen LogP contribution in [0.3, 0.4) is 0 Å². The van der Waals surface area contributed by atoms with Crippen molar-refractivity contribution in [2.24, 2.45) is 0 Å². The third kappa shape index (κ3) is 2.87. The fourth-order valence-corrected chi connectivity index (χ4v) is 2.28. The Bertz CT molecular complexity index is 434. The lowest BCUT2D eigenvalue weighted by Crippen LogP contribution is -2.52. The summed E-state index contributed by atoms with van der Waals surface area (Å²) in [5.41, 5.74) is 0.425. The van der Waals surface area contributed by atoms with Crippen LogP contribution in [-0.4, -0.2) is 36.7 Å². The summed E-state index contributed by atoms with van der Waals surface area (Å²) >= 11 is 0. The van der Waals surface area contributed by atoms with E-state index in [2.05, 4.69) is 11.0 Å². The first kappa shape index (κ1) is 13.0. The van der Waals surface area contributed by atoms with Crippen molar-refractivity contribution in [3.05, 3.63) is 35.6 Å². The van der Waals surface area contributed by atoms with Gasteiger partial charge in [0.1, 0.15) is 11.4 Å². The van der Waals surface area contributed by atoms with Crippen LogP contribution in [0.25, 0.3) is 0 Å². The number of nitrogens with zero attached hydrogens (tertiary/aromatic N) is 2. The molecule has 0 radical (unpaired) electrons. The van der Waals surface area contributed by atoms with Gasteiger partial charge >= 0.3 is 0 Å². The van der Waals surface area contributed by atoms with Crippen LogP contribution in [0, 0.1) is 17.1 Å². The van der Waals surface area contributed by atoms with E-state index >= 15 is 0 Å². The Labute approximate surface area is 107 Å². The number of hydrogen-bond donors (Lipinski definition) is 0. The molecule has 0 aromatic heterocycles. The van der Waals surface area contributed by atoms with Gasteiger partial charge in [0.05, 0.1) is 19.3 Å². The van der Waals surface area contributed by atoms with Gasteiger partial charge in [0, 0.05) is 19.5 Å². The van der Waals surface area contributed by atoms with E-state index in [1.807, 2.05) is 6.92 Å². The van der Waals surface area contributed by atoms with Crippen LogP contribution in [0.4, 0.5) is 4.39 Å². The molecule has 1 heterocycles. The highest BCUT2D eigenvalue weighted by Gasteiger charge is 2.33. The Balaban J connectivity index is 2.12. The molecule has 0 spiro atoms. The predicted octanol–water partition coefficient (Wildman–Crippen LogP) is 1.98. The monoisotopic (exact) mass is 248 g/mol. The number of rotatable bonds is 3. The summed E-state index contributed by atoms with van der Waals surface area (Å²) < 4.78 is 18.2. The highest BCUT2D eigenvalue weighted by Crippen LogP contribution is 2.21. The van der Waals surface area contributed by atoms with E-state index < -0.39 is 5.54 Å². The van der Waals surface area contributed by atoms with Crippen molar-refractivity contribution in [3.8, 4) is 6.07 Å². The molecular formula is C14H17FN2O. The maximum absolute atomic E-state index is 12.9. The van der Waals surface area contributed by atoms with E-state index in [0.717, 1.165) is 18.7 Å². The maximum atomic E-state index is 12.9. The van der Waals surface area contributed by atoms with E-state index in [1.165, 1.54) is 12.1 Å². The van der Waals surface area contributed by atoms with Crippen molar-refractivity contribution in [2.45, 2.75) is 18.9 Å². The second-order valence-electron chi connectivity index (χ2n) is 4.79. The molecule has 0 N–H and O–H groups in total. The fraction of sp³-hybridized carbons (Fsp3) is 0.500. The third-order valence-electron chi connectivity index (χ3n) is 3.41. The first-order valence-corrected chi connectivity index (χ1v) is 6.12. The smallest absolute Gasteiger partial charge is 0.123 e. The van der Waals surface area contributed by atoms with E-state index in [1.54, 1.807) is 12.1 Å². The first-order chi connectivity index (χ1) is 8.64. The first-order valence-electron chi connectivity index (χ1n) is 6.12. The van der Waals surface area contributed by atoms with Gasteiger partial charge in [-0.05, 0) is 24.6 Å². The highest BCUT2D eigenvalue weighted by molar-refractivity contribution is 5.22. The summed E-state index contributed by atoms with van der Waals surface area (Å²) in [7, 11) is 0. The standard InChI is InChI=1S/C14H17FN2O/c1-14(11-16,17-6-8-18-9-7-17)10-12-2-4-13(15)5-3-12/h2-5H,6-10H2,1H3. The zero-order chi connectivity index (χ0) is 13.0. The van der Waals surface area contributed by atoms with Crippen LogP contribution >= 0.6 is 0 Å². The Kier molecular flexibility index (Phi) is 3.95. The van der Waals surface area contributed by atoms with Gasteiger partial charge in [0.2, 0.25) is 0 Å². The van der Waals surface area contributed by atoms with Gasteiger partial charge in [-0.25, -0.2) is 4.39 Å². The number of hydrogen-bond acceptors (Lipinski definition) is 3. The van der Waals surface area contributed by atoms with Gasteiger partial charge in [0.15, 0.2) is 0 Å². The Hall–Kier alpha value is -1.44. The molecule has 1 unspecified atom stereocenters. The number of halogens is 1. The quantitative estimate of drug-likeness (QED) is 0.820. The molecule has 18 heavy (non-hydrogen) atoms. The Morgan fingerprint density at radius 1 is 1.33 bits per heavy atom. The molecule has 4 heteroatoms. The molecule has 1 atom stereocenters. The van der Waals surface area contributed by atoms with Gasteiger partial charge in [-0.2, -0.15) is 5.26 Å². The number of nitriles is 1. The molecule has 0 amide bonds. The summed E-state index contributed by atoms with van der Waals surface area (Å²) in [5, 5.41) is 9.45. The second kappa shape index (κ2) is 5.47. The van der Waals surface area contributed by atoms with Crippen LogP contribution < -0.4 is 0 Å². The molecular weight excluding hydrogens is 231 g/mol. The minimum Gasteiger partial charge on any atom is -0.379 e. The van der Waals surface area contributed by atoms with Crippen LogP contribution in [0.5, 0.6) is 0 Å². The Morgan fingerprint density at radius 2 is 1.94 bits per heavy atom. The van der Waals surface area contributed by atoms with E-state index in [4.69, 9.17) is 4.74 Å². The van der Waals surface area contributed by atoms with E-state index in [0.29, 0.717) is 19.6 Å². The van der Waals surface area contributed by atoms with E-state index in [9.17, 15) is 9.65 Å². The van der Waals surface area contributed by atoms with E-state index in [-0.39, 0.29) is 5.82 Å². The normalized spacial score (nSPS) is 20.1. The number of benzene rings is 1. The van der Waals surface area contributed by atoms with Crippen molar-refractivity contribution in [1.82, 2.24) is 4.90 Å². The molecule has 0 aliphatic carbocycles. The van der Waals surface area contributed by atoms with Crippen LogP contribution in [0.2, 0.25) is 0 Å². The molecule has 2 rings (SSSR count). The fourth-order valence-electron chi connectivity index (χ4n) is 2.28. The van der Waals surface area contributed by atoms with Crippen molar-refractivity contribution >= 4 is 0 Å². The Morgan fingerprint density at radius 3 is 2.50 bits per heavy atom. The maximum Gasteiger partial charge on any atom is 0.123 e. The molecule has 0 saturated carbocycles. The topological polar surface area (TPSA) is 36.3 Å². The summed E-state index contributed by atoms with van der Waals surface area (Å²) in [6.07, 6.45) is 0.601. The predicted molar refractivity (Wildman–Crippen MR) is 66.5 cm³/mol. The average molecular weight is 248 g/mol. The summed E-state index contributed by atoms with van der Waals surface area (Å²) in [5.74, 6) is -0.246. The van der Waals surface area contributed by atoms with Gasteiger partial charge in [-0.15, -0.1) is 0 Å². The average Bonchev–Trinajstić information content (AvgIpc) is 2.42. The van der Waals surface area contributed by atoms with Gasteiger partial charge in [-0.1, -0.05) is 12.1 Å². The SMILES string of the molecule is CC(C#N)(Cc1ccc(F)cc1)N1CCOCC1. The van der Waals surface area contributed by atoms with Crippen molar-refractivity contribution in [2.75, 3.05) is 26.3 Å². The zero-order valence-corrected chi connectivity index (χ0v) is 10.5. The van der Waals surface area contributed by atoms with Crippen LogP contribution in [-0.2, 0) is 11.2 Å². The van der Waals surface area contributed by atoms with Crippen molar-refractivity contribution < 1.29 is 9.13 Å². The summed E-state index contributed by atoms with van der Waals surface area (Å²) in [6, 6.07) is 8.74. The van der Waals surface area contributed by atoms with Crippen LogP contribution in [0.15, 0.2) is 24.3 Å². The molecule has 1 aromatic carbocycles. The minimum absolute atomic E-state index is 0.246. The molecule has 1 aliphatic rings. The summed E-state index contributed by atoms with van der Waals surface area (Å²) in [4.78, 5) is 2.14. The largest absolute Gasteiger partial charge is 0.379 e. The minimum atomic E-state index is -0.554. The lowest BCUT2D eigenvalue weighted by Gasteiger charge is -2.38. The molecule has 96 valence electrons. The third-order valence-corrected chi connectivity index (χ3v) is 3.41. The van der Waals surface area contributed by atoms with Crippen LogP contribution in [0.1, 0.15) is 12.5 Å². The molecule has 3 nitrogen and oxygen atoms in total. The van der Waals surface area contributed by atoms with Gasteiger partial charge in [-0.3, -0.25) is 4.90 Å². The molecule has 1 fully saturated rings. The number of morpholine rings is 1. The molecule has 1 aromatic rings. The van der Waals surface area contributed by atoms with Crippen molar-refractivity contribution in [3.63, 3.8) is 0 Å². The zero-order valence-electron chi connectivity index (χ0n) is 10.5. The summed E-state index contributed by atoms with van der Waals surface area (Å²) in [6.45, 7) is 4.81. The van der Waals surface area contributed by atoms with Gasteiger partial charge in [0.25, 0.3) is 0 Å². The molecule has 0 bridgehead atoms. The number of ether oxygens (including phenoxy) is 1. The highest BCUT2D eigenvalue weighted by atomic mass is 19.1.